The molecule has 286 valence electrons. The second-order valence-electron chi connectivity index (χ2n) is 15.2. The third-order valence-corrected chi connectivity index (χ3v) is 11.4. The van der Waals surface area contributed by atoms with E-state index in [1.807, 2.05) is 24.3 Å². The van der Waals surface area contributed by atoms with Crippen LogP contribution >= 0.6 is 0 Å². The van der Waals surface area contributed by atoms with Gasteiger partial charge < -0.3 is 4.42 Å². The summed E-state index contributed by atoms with van der Waals surface area (Å²) in [4.78, 5) is 15.4. The molecule has 0 saturated carbocycles. The zero-order valence-electron chi connectivity index (χ0n) is 33.1. The van der Waals surface area contributed by atoms with Crippen LogP contribution in [0.5, 0.6) is 0 Å². The molecule has 0 aliphatic heterocycles. The Hall–Kier alpha value is -8.21. The third-order valence-electron chi connectivity index (χ3n) is 11.4. The van der Waals surface area contributed by atoms with E-state index in [2.05, 4.69) is 200 Å². The molecular formula is C57H37N3O. The van der Waals surface area contributed by atoms with Crippen molar-refractivity contribution in [3.05, 3.63) is 224 Å². The lowest BCUT2D eigenvalue weighted by molar-refractivity contribution is 0.669. The number of furan rings is 1. The zero-order chi connectivity index (χ0) is 40.5. The van der Waals surface area contributed by atoms with Crippen molar-refractivity contribution in [3.63, 3.8) is 0 Å². The van der Waals surface area contributed by atoms with Gasteiger partial charge in [-0.15, -0.1) is 0 Å². The van der Waals surface area contributed by atoms with Crippen molar-refractivity contribution in [2.75, 3.05) is 0 Å². The summed E-state index contributed by atoms with van der Waals surface area (Å²) in [5.74, 6) is 1.77. The first kappa shape index (κ1) is 35.9. The zero-order valence-corrected chi connectivity index (χ0v) is 33.1. The van der Waals surface area contributed by atoms with Gasteiger partial charge in [-0.3, -0.25) is 0 Å². The van der Waals surface area contributed by atoms with E-state index in [4.69, 9.17) is 19.4 Å². The standard InChI is InChI=1S/C57H37N3O/c1-5-14-38(15-6-1)42-24-28-44(29-25-42)51-35-49(41-20-11-4-12-21-41)37-53-54(51)50-33-32-48(36-52(50)61-53)57-59-55(45-30-26-43(27-31-45)39-16-7-2-8-17-39)58-56(60-57)47-23-13-22-46(34-47)40-18-9-3-10-19-40/h1-37H. The molecule has 4 nitrogen and oxygen atoms in total. The van der Waals surface area contributed by atoms with E-state index in [0.29, 0.717) is 17.5 Å². The molecule has 0 aliphatic rings. The van der Waals surface area contributed by atoms with Gasteiger partial charge in [-0.25, -0.2) is 15.0 Å². The molecule has 0 spiro atoms. The van der Waals surface area contributed by atoms with Gasteiger partial charge in [0.1, 0.15) is 11.2 Å². The van der Waals surface area contributed by atoms with E-state index in [0.717, 1.165) is 83.1 Å². The van der Waals surface area contributed by atoms with Gasteiger partial charge in [-0.1, -0.05) is 194 Å². The molecule has 61 heavy (non-hydrogen) atoms. The third kappa shape index (κ3) is 7.07. The van der Waals surface area contributed by atoms with Crippen LogP contribution in [0.25, 0.3) is 112 Å². The summed E-state index contributed by atoms with van der Waals surface area (Å²) in [7, 11) is 0. The van der Waals surface area contributed by atoms with Gasteiger partial charge >= 0.3 is 0 Å². The number of benzene rings is 9. The van der Waals surface area contributed by atoms with Crippen molar-refractivity contribution in [2.45, 2.75) is 0 Å². The molecule has 4 heteroatoms. The van der Waals surface area contributed by atoms with Gasteiger partial charge in [0.15, 0.2) is 17.5 Å². The Morgan fingerprint density at radius 2 is 0.623 bits per heavy atom. The van der Waals surface area contributed by atoms with Crippen molar-refractivity contribution >= 4 is 21.9 Å². The van der Waals surface area contributed by atoms with E-state index in [1.165, 1.54) is 11.1 Å². The van der Waals surface area contributed by atoms with Crippen LogP contribution in [0.3, 0.4) is 0 Å². The molecule has 11 aromatic rings. The average Bonchev–Trinajstić information content (AvgIpc) is 3.73. The van der Waals surface area contributed by atoms with E-state index in [1.54, 1.807) is 0 Å². The highest BCUT2D eigenvalue weighted by Gasteiger charge is 2.19. The molecule has 0 bridgehead atoms. The number of rotatable bonds is 8. The predicted molar refractivity (Wildman–Crippen MR) is 251 cm³/mol. The molecule has 2 aromatic heterocycles. The van der Waals surface area contributed by atoms with Crippen LogP contribution in [0.2, 0.25) is 0 Å². The Balaban J connectivity index is 1.05. The first-order valence-corrected chi connectivity index (χ1v) is 20.5. The second-order valence-corrected chi connectivity index (χ2v) is 15.2. The van der Waals surface area contributed by atoms with Crippen molar-refractivity contribution < 1.29 is 4.42 Å². The SMILES string of the molecule is c1ccc(-c2ccc(-c3nc(-c4cccc(-c5ccccc5)c4)nc(-c4ccc5c(c4)oc4cc(-c6ccccc6)cc(-c6ccc(-c7ccccc7)cc6)c45)n3)cc2)cc1. The van der Waals surface area contributed by atoms with Crippen molar-refractivity contribution in [3.8, 4) is 89.8 Å². The number of hydrogen-bond donors (Lipinski definition) is 0. The van der Waals surface area contributed by atoms with Crippen LogP contribution in [0.4, 0.5) is 0 Å². The first-order valence-electron chi connectivity index (χ1n) is 20.5. The van der Waals surface area contributed by atoms with Gasteiger partial charge in [-0.05, 0) is 86.0 Å². The molecule has 0 atom stereocenters. The fourth-order valence-electron chi connectivity index (χ4n) is 8.22. The van der Waals surface area contributed by atoms with Crippen LogP contribution < -0.4 is 0 Å². The minimum absolute atomic E-state index is 0.571. The van der Waals surface area contributed by atoms with E-state index in [9.17, 15) is 0 Å². The van der Waals surface area contributed by atoms with Crippen LogP contribution in [0, 0.1) is 0 Å². The summed E-state index contributed by atoms with van der Waals surface area (Å²) in [6.45, 7) is 0. The summed E-state index contributed by atoms with van der Waals surface area (Å²) in [6, 6.07) is 78.2. The molecule has 0 fully saturated rings. The fourth-order valence-corrected chi connectivity index (χ4v) is 8.22. The van der Waals surface area contributed by atoms with Crippen molar-refractivity contribution in [2.24, 2.45) is 0 Å². The Morgan fingerprint density at radius 3 is 1.18 bits per heavy atom. The number of aromatic nitrogens is 3. The molecule has 0 unspecified atom stereocenters. The lowest BCUT2D eigenvalue weighted by atomic mass is 9.93. The highest BCUT2D eigenvalue weighted by Crippen LogP contribution is 2.42. The summed E-state index contributed by atoms with van der Waals surface area (Å²) < 4.78 is 6.81. The van der Waals surface area contributed by atoms with Crippen LogP contribution in [-0.2, 0) is 0 Å². The minimum Gasteiger partial charge on any atom is -0.456 e. The van der Waals surface area contributed by atoms with Gasteiger partial charge in [-0.2, -0.15) is 0 Å². The predicted octanol–water partition coefficient (Wildman–Crippen LogP) is 15.1. The molecule has 0 amide bonds. The summed E-state index contributed by atoms with van der Waals surface area (Å²) in [5.41, 5.74) is 15.6. The van der Waals surface area contributed by atoms with E-state index >= 15 is 0 Å². The molecule has 2 heterocycles. The maximum Gasteiger partial charge on any atom is 0.164 e. The highest BCUT2D eigenvalue weighted by molar-refractivity contribution is 6.14. The second kappa shape index (κ2) is 15.5. The normalized spacial score (nSPS) is 11.3. The first-order chi connectivity index (χ1) is 30.2. The summed E-state index contributed by atoms with van der Waals surface area (Å²) in [6.07, 6.45) is 0. The lowest BCUT2D eigenvalue weighted by Crippen LogP contribution is -2.00. The quantitative estimate of drug-likeness (QED) is 0.154. The topological polar surface area (TPSA) is 51.8 Å². The molecule has 0 aliphatic carbocycles. The number of fused-ring (bicyclic) bond motifs is 3. The molecule has 0 radical (unpaired) electrons. The van der Waals surface area contributed by atoms with Gasteiger partial charge in [0.25, 0.3) is 0 Å². The smallest absolute Gasteiger partial charge is 0.164 e. The van der Waals surface area contributed by atoms with Crippen molar-refractivity contribution in [1.82, 2.24) is 15.0 Å². The summed E-state index contributed by atoms with van der Waals surface area (Å²) in [5, 5.41) is 2.10. The fraction of sp³-hybridized carbons (Fsp3) is 0. The van der Waals surface area contributed by atoms with Gasteiger partial charge in [0, 0.05) is 27.5 Å². The molecule has 9 aromatic carbocycles. The van der Waals surface area contributed by atoms with Gasteiger partial charge in [0.05, 0.1) is 0 Å². The van der Waals surface area contributed by atoms with E-state index < -0.39 is 0 Å². The maximum absolute atomic E-state index is 6.81. The average molecular weight is 780 g/mol. The Labute approximate surface area is 354 Å². The number of hydrogen-bond acceptors (Lipinski definition) is 4. The molecule has 11 rings (SSSR count). The summed E-state index contributed by atoms with van der Waals surface area (Å²) >= 11 is 0. The van der Waals surface area contributed by atoms with Crippen LogP contribution in [0.15, 0.2) is 229 Å². The maximum atomic E-state index is 6.81. The van der Waals surface area contributed by atoms with Crippen molar-refractivity contribution in [1.29, 1.82) is 0 Å². The van der Waals surface area contributed by atoms with Gasteiger partial charge in [0.2, 0.25) is 0 Å². The molecule has 0 N–H and O–H groups in total. The molecular weight excluding hydrogens is 743 g/mol. The lowest BCUT2D eigenvalue weighted by Gasteiger charge is -2.11. The Morgan fingerprint density at radius 1 is 0.246 bits per heavy atom. The largest absolute Gasteiger partial charge is 0.456 e. The van der Waals surface area contributed by atoms with E-state index in [-0.39, 0.29) is 0 Å². The Kier molecular flexibility index (Phi) is 9.14. The Bertz CT molecular complexity index is 3310. The highest BCUT2D eigenvalue weighted by atomic mass is 16.3. The van der Waals surface area contributed by atoms with Crippen LogP contribution in [0.1, 0.15) is 0 Å². The minimum atomic E-state index is 0.571. The van der Waals surface area contributed by atoms with Crippen LogP contribution in [-0.4, -0.2) is 15.0 Å². The monoisotopic (exact) mass is 779 g/mol. The molecule has 0 saturated heterocycles. The number of nitrogens with zero attached hydrogens (tertiary/aromatic N) is 3.